The summed E-state index contributed by atoms with van der Waals surface area (Å²) in [5.74, 6) is 0.162. The maximum atomic E-state index is 9.46. The first-order chi connectivity index (χ1) is 8.54. The lowest BCUT2D eigenvalue weighted by atomic mass is 9.92. The summed E-state index contributed by atoms with van der Waals surface area (Å²) in [6, 6.07) is 5.12. The third-order valence-corrected chi connectivity index (χ3v) is 3.61. The van der Waals surface area contributed by atoms with Gasteiger partial charge < -0.3 is 20.6 Å². The van der Waals surface area contributed by atoms with Crippen molar-refractivity contribution in [3.05, 3.63) is 23.8 Å². The zero-order chi connectivity index (χ0) is 13.1. The molecule has 1 aliphatic rings. The quantitative estimate of drug-likeness (QED) is 0.663. The summed E-state index contributed by atoms with van der Waals surface area (Å²) in [6.07, 6.45) is 3.47. The monoisotopic (exact) mass is 251 g/mol. The topological polar surface area (TPSA) is 72.7 Å². The highest BCUT2D eigenvalue weighted by Crippen LogP contribution is 2.26. The zero-order valence-corrected chi connectivity index (χ0v) is 10.6. The van der Waals surface area contributed by atoms with E-state index in [1.807, 2.05) is 6.92 Å². The van der Waals surface area contributed by atoms with Crippen LogP contribution in [0.1, 0.15) is 44.2 Å². The molecule has 1 aromatic rings. The molecule has 100 valence electrons. The van der Waals surface area contributed by atoms with Crippen molar-refractivity contribution >= 4 is 0 Å². The third-order valence-electron chi connectivity index (χ3n) is 3.61. The zero-order valence-electron chi connectivity index (χ0n) is 10.6. The van der Waals surface area contributed by atoms with Crippen molar-refractivity contribution < 1.29 is 15.3 Å². The lowest BCUT2D eigenvalue weighted by molar-refractivity contribution is 0.114. The second-order valence-corrected chi connectivity index (χ2v) is 5.18. The van der Waals surface area contributed by atoms with Crippen LogP contribution < -0.4 is 5.32 Å². The van der Waals surface area contributed by atoms with Crippen molar-refractivity contribution in [1.82, 2.24) is 5.32 Å². The number of benzene rings is 1. The van der Waals surface area contributed by atoms with Gasteiger partial charge in [-0.2, -0.15) is 0 Å². The number of rotatable bonds is 3. The highest BCUT2D eigenvalue weighted by Gasteiger charge is 2.21. The van der Waals surface area contributed by atoms with E-state index in [9.17, 15) is 15.3 Å². The van der Waals surface area contributed by atoms with Crippen molar-refractivity contribution in [2.45, 2.75) is 50.8 Å². The van der Waals surface area contributed by atoms with Crippen molar-refractivity contribution in [2.24, 2.45) is 0 Å². The molecule has 1 atom stereocenters. The summed E-state index contributed by atoms with van der Waals surface area (Å²) in [4.78, 5) is 0. The van der Waals surface area contributed by atoms with Gasteiger partial charge in [0.05, 0.1) is 6.10 Å². The molecule has 0 amide bonds. The van der Waals surface area contributed by atoms with E-state index in [2.05, 4.69) is 5.32 Å². The number of aromatic hydroxyl groups is 2. The van der Waals surface area contributed by atoms with Gasteiger partial charge in [-0.25, -0.2) is 0 Å². The minimum Gasteiger partial charge on any atom is -0.508 e. The van der Waals surface area contributed by atoms with Gasteiger partial charge in [0.1, 0.15) is 11.5 Å². The summed E-state index contributed by atoms with van der Waals surface area (Å²) in [5.41, 5.74) is 0.874. The summed E-state index contributed by atoms with van der Waals surface area (Å²) < 4.78 is 0. The first-order valence-electron chi connectivity index (χ1n) is 6.51. The number of phenols is 2. The fraction of sp³-hybridized carbons (Fsp3) is 0.571. The van der Waals surface area contributed by atoms with Crippen LogP contribution in [0, 0.1) is 0 Å². The van der Waals surface area contributed by atoms with E-state index >= 15 is 0 Å². The number of nitrogens with one attached hydrogen (secondary N) is 1. The Morgan fingerprint density at radius 2 is 1.61 bits per heavy atom. The molecule has 0 spiro atoms. The lowest BCUT2D eigenvalue weighted by Crippen LogP contribution is -2.36. The molecule has 1 fully saturated rings. The SMILES string of the molecule is CC(NC1CCC(O)CC1)c1cc(O)cc(O)c1. The van der Waals surface area contributed by atoms with Crippen LogP contribution in [0.3, 0.4) is 0 Å². The number of aliphatic hydroxyl groups is 1. The Morgan fingerprint density at radius 3 is 2.17 bits per heavy atom. The molecular formula is C14H21NO3. The van der Waals surface area contributed by atoms with E-state index in [1.54, 1.807) is 12.1 Å². The van der Waals surface area contributed by atoms with Gasteiger partial charge in [0.2, 0.25) is 0 Å². The first-order valence-corrected chi connectivity index (χ1v) is 6.51. The summed E-state index contributed by atoms with van der Waals surface area (Å²) in [6.45, 7) is 2.01. The summed E-state index contributed by atoms with van der Waals surface area (Å²) in [7, 11) is 0. The van der Waals surface area contributed by atoms with E-state index in [0.717, 1.165) is 31.2 Å². The van der Waals surface area contributed by atoms with E-state index < -0.39 is 0 Å². The average molecular weight is 251 g/mol. The van der Waals surface area contributed by atoms with Crippen LogP contribution in [0.2, 0.25) is 0 Å². The maximum Gasteiger partial charge on any atom is 0.119 e. The second-order valence-electron chi connectivity index (χ2n) is 5.18. The van der Waals surface area contributed by atoms with E-state index in [1.165, 1.54) is 6.07 Å². The summed E-state index contributed by atoms with van der Waals surface area (Å²) in [5, 5.41) is 31.9. The number of hydrogen-bond donors (Lipinski definition) is 4. The molecule has 0 saturated heterocycles. The largest absolute Gasteiger partial charge is 0.508 e. The molecule has 1 unspecified atom stereocenters. The van der Waals surface area contributed by atoms with Gasteiger partial charge in [0, 0.05) is 18.2 Å². The summed E-state index contributed by atoms with van der Waals surface area (Å²) >= 11 is 0. The van der Waals surface area contributed by atoms with Gasteiger partial charge in [0.25, 0.3) is 0 Å². The second kappa shape index (κ2) is 5.59. The molecule has 1 aliphatic carbocycles. The molecule has 0 bridgehead atoms. The Morgan fingerprint density at radius 1 is 1.06 bits per heavy atom. The van der Waals surface area contributed by atoms with Crippen molar-refractivity contribution in [3.63, 3.8) is 0 Å². The van der Waals surface area contributed by atoms with Gasteiger partial charge in [-0.1, -0.05) is 0 Å². The minimum absolute atomic E-state index is 0.0724. The Labute approximate surface area is 107 Å². The minimum atomic E-state index is -0.150. The number of hydrogen-bond acceptors (Lipinski definition) is 4. The molecule has 0 heterocycles. The normalized spacial score (nSPS) is 25.9. The van der Waals surface area contributed by atoms with Crippen LogP contribution in [0.15, 0.2) is 18.2 Å². The Balaban J connectivity index is 1.96. The van der Waals surface area contributed by atoms with E-state index in [0.29, 0.717) is 6.04 Å². The number of aliphatic hydroxyl groups excluding tert-OH is 1. The predicted octanol–water partition coefficient (Wildman–Crippen LogP) is 2.05. The third kappa shape index (κ3) is 3.37. The van der Waals surface area contributed by atoms with Crippen LogP contribution in [-0.4, -0.2) is 27.5 Å². The van der Waals surface area contributed by atoms with E-state index in [-0.39, 0.29) is 23.6 Å². The highest BCUT2D eigenvalue weighted by molar-refractivity contribution is 5.37. The van der Waals surface area contributed by atoms with Crippen molar-refractivity contribution in [3.8, 4) is 11.5 Å². The first kappa shape index (κ1) is 13.2. The fourth-order valence-corrected chi connectivity index (χ4v) is 2.56. The molecule has 4 heteroatoms. The standard InChI is InChI=1S/C14H21NO3/c1-9(10-6-13(17)8-14(18)7-10)15-11-2-4-12(16)5-3-11/h6-9,11-12,15-18H,2-5H2,1H3. The molecular weight excluding hydrogens is 230 g/mol. The van der Waals surface area contributed by atoms with Gasteiger partial charge in [0.15, 0.2) is 0 Å². The molecule has 2 rings (SSSR count). The Kier molecular flexibility index (Phi) is 4.09. The molecule has 18 heavy (non-hydrogen) atoms. The van der Waals surface area contributed by atoms with E-state index in [4.69, 9.17) is 0 Å². The van der Waals surface area contributed by atoms with Crippen LogP contribution in [-0.2, 0) is 0 Å². The van der Waals surface area contributed by atoms with Crippen molar-refractivity contribution in [1.29, 1.82) is 0 Å². The van der Waals surface area contributed by atoms with Crippen molar-refractivity contribution in [2.75, 3.05) is 0 Å². The van der Waals surface area contributed by atoms with Crippen LogP contribution in [0.4, 0.5) is 0 Å². The van der Waals surface area contributed by atoms with Gasteiger partial charge in [-0.3, -0.25) is 0 Å². The lowest BCUT2D eigenvalue weighted by Gasteiger charge is -2.29. The van der Waals surface area contributed by atoms with Gasteiger partial charge >= 0.3 is 0 Å². The van der Waals surface area contributed by atoms with Crippen LogP contribution in [0.25, 0.3) is 0 Å². The highest BCUT2D eigenvalue weighted by atomic mass is 16.3. The molecule has 0 aliphatic heterocycles. The molecule has 4 nitrogen and oxygen atoms in total. The molecule has 0 aromatic heterocycles. The van der Waals surface area contributed by atoms with Gasteiger partial charge in [-0.15, -0.1) is 0 Å². The van der Waals surface area contributed by atoms with Crippen LogP contribution >= 0.6 is 0 Å². The Bertz CT molecular complexity index is 380. The predicted molar refractivity (Wildman–Crippen MR) is 69.6 cm³/mol. The fourth-order valence-electron chi connectivity index (χ4n) is 2.56. The molecule has 1 aromatic carbocycles. The maximum absolute atomic E-state index is 9.46. The Hall–Kier alpha value is -1.26. The molecule has 1 saturated carbocycles. The number of phenolic OH excluding ortho intramolecular Hbond substituents is 2. The van der Waals surface area contributed by atoms with Crippen LogP contribution in [0.5, 0.6) is 11.5 Å². The smallest absolute Gasteiger partial charge is 0.119 e. The average Bonchev–Trinajstić information content (AvgIpc) is 2.31. The van der Waals surface area contributed by atoms with Gasteiger partial charge in [-0.05, 0) is 50.3 Å². The molecule has 0 radical (unpaired) electrons. The molecule has 4 N–H and O–H groups in total.